The van der Waals surface area contributed by atoms with Crippen molar-refractivity contribution < 1.29 is 9.53 Å². The molecular weight excluding hydrogens is 248 g/mol. The molecule has 1 aromatic rings. The number of hydrogen-bond donors (Lipinski definition) is 2. The largest absolute Gasteiger partial charge is 0.465 e. The molecule has 2 rings (SSSR count). The fourth-order valence-corrected chi connectivity index (χ4v) is 3.33. The Hall–Kier alpha value is -1.23. The molecule has 18 heavy (non-hydrogen) atoms. The molecule has 0 radical (unpaired) electrons. The molecule has 1 aromatic heterocycles. The standard InChI is InChI=1S/C13H20N2O2S/c1-17-13(16)12-10(14)8-11(18-12)15-9-6-4-2-3-5-7-9/h8-9,15H,2-7,14H2,1H3. The summed E-state index contributed by atoms with van der Waals surface area (Å²) in [5.74, 6) is -0.355. The van der Waals surface area contributed by atoms with Crippen LogP contribution in [0, 0.1) is 0 Å². The molecule has 100 valence electrons. The summed E-state index contributed by atoms with van der Waals surface area (Å²) < 4.78 is 4.70. The fraction of sp³-hybridized carbons (Fsp3) is 0.615. The summed E-state index contributed by atoms with van der Waals surface area (Å²) in [5, 5.41) is 4.46. The van der Waals surface area contributed by atoms with E-state index in [2.05, 4.69) is 5.32 Å². The highest BCUT2D eigenvalue weighted by Crippen LogP contribution is 2.31. The first kappa shape index (κ1) is 13.2. The van der Waals surface area contributed by atoms with Crippen LogP contribution in [0.4, 0.5) is 10.7 Å². The van der Waals surface area contributed by atoms with Gasteiger partial charge in [0.1, 0.15) is 4.88 Å². The second kappa shape index (κ2) is 6.09. The lowest BCUT2D eigenvalue weighted by Gasteiger charge is -2.15. The molecule has 0 saturated heterocycles. The highest BCUT2D eigenvalue weighted by molar-refractivity contribution is 7.18. The van der Waals surface area contributed by atoms with Gasteiger partial charge in [-0.3, -0.25) is 0 Å². The predicted octanol–water partition coefficient (Wildman–Crippen LogP) is 3.25. The number of nitrogen functional groups attached to an aromatic ring is 1. The molecule has 0 aromatic carbocycles. The first-order valence-corrected chi connectivity index (χ1v) is 7.26. The summed E-state index contributed by atoms with van der Waals surface area (Å²) in [6.45, 7) is 0. The van der Waals surface area contributed by atoms with Crippen LogP contribution in [0.1, 0.15) is 48.2 Å². The van der Waals surface area contributed by atoms with Crippen molar-refractivity contribution in [2.75, 3.05) is 18.2 Å². The number of esters is 1. The maximum atomic E-state index is 11.5. The number of anilines is 2. The lowest BCUT2D eigenvalue weighted by atomic mass is 10.1. The van der Waals surface area contributed by atoms with Gasteiger partial charge in [0.15, 0.2) is 0 Å². The van der Waals surface area contributed by atoms with E-state index in [1.807, 2.05) is 6.07 Å². The molecule has 0 atom stereocenters. The second-order valence-corrected chi connectivity index (χ2v) is 5.77. The van der Waals surface area contributed by atoms with Gasteiger partial charge in [-0.05, 0) is 18.9 Å². The van der Waals surface area contributed by atoms with Crippen LogP contribution in [0.3, 0.4) is 0 Å². The number of ether oxygens (including phenoxy) is 1. The minimum atomic E-state index is -0.355. The van der Waals surface area contributed by atoms with Crippen molar-refractivity contribution in [3.8, 4) is 0 Å². The van der Waals surface area contributed by atoms with Crippen molar-refractivity contribution in [3.63, 3.8) is 0 Å². The van der Waals surface area contributed by atoms with E-state index in [0.717, 1.165) is 5.00 Å². The van der Waals surface area contributed by atoms with Gasteiger partial charge in [0.05, 0.1) is 17.8 Å². The molecule has 1 aliphatic carbocycles. The van der Waals surface area contributed by atoms with Gasteiger partial charge >= 0.3 is 5.97 Å². The first-order valence-electron chi connectivity index (χ1n) is 6.45. The van der Waals surface area contributed by atoms with E-state index in [9.17, 15) is 4.79 Å². The normalized spacial score (nSPS) is 17.2. The minimum absolute atomic E-state index is 0.355. The average molecular weight is 268 g/mol. The van der Waals surface area contributed by atoms with E-state index in [0.29, 0.717) is 16.6 Å². The second-order valence-electron chi connectivity index (χ2n) is 4.72. The molecule has 4 nitrogen and oxygen atoms in total. The molecular formula is C13H20N2O2S. The van der Waals surface area contributed by atoms with Crippen LogP contribution >= 0.6 is 11.3 Å². The number of thiophene rings is 1. The van der Waals surface area contributed by atoms with Crippen LogP contribution in [0.25, 0.3) is 0 Å². The molecule has 0 aliphatic heterocycles. The zero-order chi connectivity index (χ0) is 13.0. The predicted molar refractivity (Wildman–Crippen MR) is 75.2 cm³/mol. The summed E-state index contributed by atoms with van der Waals surface area (Å²) in [4.78, 5) is 12.0. The highest BCUT2D eigenvalue weighted by atomic mass is 32.1. The summed E-state index contributed by atoms with van der Waals surface area (Å²) in [6, 6.07) is 2.35. The van der Waals surface area contributed by atoms with Gasteiger partial charge in [0, 0.05) is 6.04 Å². The third kappa shape index (κ3) is 3.16. The molecule has 1 heterocycles. The van der Waals surface area contributed by atoms with Gasteiger partial charge in [-0.2, -0.15) is 0 Å². The van der Waals surface area contributed by atoms with Gasteiger partial charge in [0.25, 0.3) is 0 Å². The number of nitrogens with two attached hydrogens (primary N) is 1. The molecule has 0 spiro atoms. The molecule has 0 unspecified atom stereocenters. The molecule has 0 amide bonds. The first-order chi connectivity index (χ1) is 8.70. The summed E-state index contributed by atoms with van der Waals surface area (Å²) in [6.07, 6.45) is 7.62. The molecule has 5 heteroatoms. The van der Waals surface area contributed by atoms with Crippen molar-refractivity contribution in [2.45, 2.75) is 44.6 Å². The van der Waals surface area contributed by atoms with Gasteiger partial charge < -0.3 is 15.8 Å². The van der Waals surface area contributed by atoms with Crippen LogP contribution in [-0.4, -0.2) is 19.1 Å². The number of carbonyl (C=O) groups excluding carboxylic acids is 1. The van der Waals surface area contributed by atoms with Crippen LogP contribution in [0.5, 0.6) is 0 Å². The Morgan fingerprint density at radius 1 is 1.39 bits per heavy atom. The van der Waals surface area contributed by atoms with E-state index in [-0.39, 0.29) is 5.97 Å². The van der Waals surface area contributed by atoms with Gasteiger partial charge in [-0.25, -0.2) is 4.79 Å². The van der Waals surface area contributed by atoms with Crippen LogP contribution in [0.2, 0.25) is 0 Å². The smallest absolute Gasteiger partial charge is 0.350 e. The number of carbonyl (C=O) groups is 1. The average Bonchev–Trinajstić information content (AvgIpc) is 2.57. The summed E-state index contributed by atoms with van der Waals surface area (Å²) >= 11 is 1.38. The Labute approximate surface area is 112 Å². The molecule has 1 saturated carbocycles. The van der Waals surface area contributed by atoms with Gasteiger partial charge in [-0.15, -0.1) is 11.3 Å². The highest BCUT2D eigenvalue weighted by Gasteiger charge is 2.17. The van der Waals surface area contributed by atoms with Crippen molar-refractivity contribution >= 4 is 28.0 Å². The van der Waals surface area contributed by atoms with E-state index in [1.165, 1.54) is 57.0 Å². The number of nitrogens with one attached hydrogen (secondary N) is 1. The van der Waals surface area contributed by atoms with Gasteiger partial charge in [-0.1, -0.05) is 25.7 Å². The number of rotatable bonds is 3. The topological polar surface area (TPSA) is 64.3 Å². The quantitative estimate of drug-likeness (QED) is 0.652. The summed E-state index contributed by atoms with van der Waals surface area (Å²) in [5.41, 5.74) is 6.33. The Balaban J connectivity index is 2.02. The lowest BCUT2D eigenvalue weighted by molar-refractivity contribution is 0.0607. The van der Waals surface area contributed by atoms with Crippen molar-refractivity contribution in [1.82, 2.24) is 0 Å². The lowest BCUT2D eigenvalue weighted by Crippen LogP contribution is -2.17. The zero-order valence-corrected chi connectivity index (χ0v) is 11.5. The summed E-state index contributed by atoms with van der Waals surface area (Å²) in [7, 11) is 1.37. The van der Waals surface area contributed by atoms with Gasteiger partial charge in [0.2, 0.25) is 0 Å². The van der Waals surface area contributed by atoms with Crippen LogP contribution < -0.4 is 11.1 Å². The Morgan fingerprint density at radius 3 is 2.67 bits per heavy atom. The molecule has 1 fully saturated rings. The van der Waals surface area contributed by atoms with E-state index < -0.39 is 0 Å². The monoisotopic (exact) mass is 268 g/mol. The third-order valence-electron chi connectivity index (χ3n) is 3.33. The Kier molecular flexibility index (Phi) is 4.47. The van der Waals surface area contributed by atoms with E-state index in [1.54, 1.807) is 0 Å². The number of hydrogen-bond acceptors (Lipinski definition) is 5. The Morgan fingerprint density at radius 2 is 2.06 bits per heavy atom. The molecule has 1 aliphatic rings. The van der Waals surface area contributed by atoms with Crippen LogP contribution in [-0.2, 0) is 4.74 Å². The van der Waals surface area contributed by atoms with Crippen molar-refractivity contribution in [1.29, 1.82) is 0 Å². The van der Waals surface area contributed by atoms with E-state index in [4.69, 9.17) is 10.5 Å². The van der Waals surface area contributed by atoms with Crippen molar-refractivity contribution in [3.05, 3.63) is 10.9 Å². The number of methoxy groups -OCH3 is 1. The fourth-order valence-electron chi connectivity index (χ4n) is 2.35. The van der Waals surface area contributed by atoms with Crippen molar-refractivity contribution in [2.24, 2.45) is 0 Å². The van der Waals surface area contributed by atoms with Crippen LogP contribution in [0.15, 0.2) is 6.07 Å². The molecule has 0 bridgehead atoms. The van der Waals surface area contributed by atoms with E-state index >= 15 is 0 Å². The SMILES string of the molecule is COC(=O)c1sc(NC2CCCCCC2)cc1N. The maximum absolute atomic E-state index is 11.5. The maximum Gasteiger partial charge on any atom is 0.350 e. The Bertz CT molecular complexity index is 409. The zero-order valence-electron chi connectivity index (χ0n) is 10.7. The third-order valence-corrected chi connectivity index (χ3v) is 4.40. The minimum Gasteiger partial charge on any atom is -0.465 e. The molecule has 3 N–H and O–H groups in total.